The summed E-state index contributed by atoms with van der Waals surface area (Å²) in [5, 5.41) is 7.95. The number of hydrogen-bond acceptors (Lipinski definition) is 28. The highest BCUT2D eigenvalue weighted by Gasteiger charge is 2.32. The third-order valence-electron chi connectivity index (χ3n) is 22.2. The average molecular weight is 2250 g/mol. The van der Waals surface area contributed by atoms with Gasteiger partial charge < -0.3 is 31.0 Å². The van der Waals surface area contributed by atoms with Gasteiger partial charge in [-0.15, -0.1) is 22.7 Å². The number of anilines is 10. The summed E-state index contributed by atoms with van der Waals surface area (Å²) in [6, 6.07) is 65.9. The molecule has 1 aliphatic carbocycles. The number of benzene rings is 12. The van der Waals surface area contributed by atoms with Gasteiger partial charge in [0.05, 0.1) is 81.1 Å². The van der Waals surface area contributed by atoms with E-state index >= 15 is 0 Å². The number of aryl methyl sites for hydroxylation is 4. The maximum atomic E-state index is 12.7. The van der Waals surface area contributed by atoms with Crippen LogP contribution in [0.4, 0.5) is 70.0 Å². The number of piperidine rings is 1. The summed E-state index contributed by atoms with van der Waals surface area (Å²) in [4.78, 5) is 11.4. The minimum absolute atomic E-state index is 0.0912. The molecule has 1 unspecified atom stereocenters. The Hall–Kier alpha value is -12.3. The fourth-order valence-electron chi connectivity index (χ4n) is 14.2. The van der Waals surface area contributed by atoms with E-state index in [1.54, 1.807) is 103 Å². The van der Waals surface area contributed by atoms with E-state index in [0.29, 0.717) is 83.6 Å². The summed E-state index contributed by atoms with van der Waals surface area (Å²) in [7, 11) is -27.2. The zero-order valence-corrected chi connectivity index (χ0v) is 90.5. The van der Waals surface area contributed by atoms with E-state index in [4.69, 9.17) is 16.6 Å². The van der Waals surface area contributed by atoms with Crippen molar-refractivity contribution in [1.82, 2.24) is 22.9 Å². The Morgan fingerprint density at radius 2 is 0.755 bits per heavy atom. The number of primary sulfonamides is 1. The molecule has 1 saturated heterocycles. The Morgan fingerprint density at radius 1 is 0.395 bits per heavy atom. The molecule has 12 aromatic carbocycles. The molecule has 51 heteroatoms. The van der Waals surface area contributed by atoms with Crippen molar-refractivity contribution in [2.45, 2.75) is 130 Å². The van der Waals surface area contributed by atoms with Crippen LogP contribution in [-0.4, -0.2) is 168 Å². The number of thiazole rings is 2. The van der Waals surface area contributed by atoms with Crippen molar-refractivity contribution in [3.05, 3.63) is 306 Å². The highest BCUT2D eigenvalue weighted by Crippen LogP contribution is 2.35. The first-order chi connectivity index (χ1) is 69.1. The lowest BCUT2D eigenvalue weighted by atomic mass is 10.1. The van der Waals surface area contributed by atoms with Crippen LogP contribution < -0.4 is 55.2 Å². The standard InChI is InChI=1S/C18H19N3O4S3.C15H16N2O2S.C14H16N2O2S.C13H11F3N2O4S2.C13H11N3O4S3.C12H20N2O2S.C11H18N2O2S/c22-27(23,16-8-9-17-18(12-16)26-13-19-17)20-14-4-6-15(7-5-14)28(24,25)21-10-2-1-3-11-21;16-13-5-8-15(9-6-13)20(18,19)17-14-7-4-11-2-1-3-12(11)10-14;1-10-3-6-13(9-11(10)2)16-19(17,18)14-7-4-12(15)5-8-14;14-13(15,16)9-2-1-3-11(8-9)18-24(21,22)12-6-4-10(5-7-12)17-23(19)20;14-22(17,18)10-3-1-9(2-4-10)16-23(19,20)11-5-6-12-13(7-11)21-8-15-12;1-5-14(6-2)17(15,16)12-9-7-11(8-10-12)13(3)4;1-4-13(5-2)16(14,15)11-8-6-10(12-3)7-9-11/h4-9,12-13,20H,1-3,10-11H2;4-10,17H,1-3,16H2;3-9,16H,15H2,1-2H3;1-8,17-18H,(H,19,20);1-8,16H,(H2,14,17,18);7-10H,5-6H2,1-4H3;6-9,12H,4-5H2,1-3H3/p-1. The first-order valence-corrected chi connectivity index (χ1v) is 60.9. The van der Waals surface area contributed by atoms with Crippen molar-refractivity contribution >= 4 is 201 Å². The molecule has 1 aliphatic heterocycles. The number of alkyl halides is 3. The Kier molecular flexibility index (Phi) is 40.1. The lowest BCUT2D eigenvalue weighted by Gasteiger charge is -2.25. The largest absolute Gasteiger partial charge is 0.755 e. The number of nitrogen functional groups attached to an aromatic ring is 2. The van der Waals surface area contributed by atoms with Crippen LogP contribution >= 0.6 is 22.7 Å². The predicted octanol–water partition coefficient (Wildman–Crippen LogP) is 16.5. The smallest absolute Gasteiger partial charge is 0.416 e. The van der Waals surface area contributed by atoms with Gasteiger partial charge in [0.25, 0.3) is 50.1 Å². The number of nitrogens with zero attached hydrogens (tertiary/aromatic N) is 6. The zero-order valence-electron chi connectivity index (χ0n) is 80.7. The van der Waals surface area contributed by atoms with Gasteiger partial charge in [-0.05, 0) is 317 Å². The molecule has 0 bridgehead atoms. The molecule has 1 fully saturated rings. The quantitative estimate of drug-likeness (QED) is 0.0148. The Labute approximate surface area is 866 Å². The van der Waals surface area contributed by atoms with Crippen LogP contribution in [0, 0.1) is 13.8 Å². The third kappa shape index (κ3) is 32.6. The minimum atomic E-state index is -4.59. The van der Waals surface area contributed by atoms with Crippen LogP contribution in [0.3, 0.4) is 0 Å². The van der Waals surface area contributed by atoms with E-state index < -0.39 is 113 Å². The molecule has 0 radical (unpaired) electrons. The van der Waals surface area contributed by atoms with E-state index in [9.17, 15) is 97.7 Å². The van der Waals surface area contributed by atoms with Crippen molar-refractivity contribution in [2.24, 2.45) is 5.14 Å². The highest BCUT2D eigenvalue weighted by molar-refractivity contribution is 7.94. The Bertz CT molecular complexity index is 8030. The number of hydrogen-bond donors (Lipinski definition) is 10. The number of nitrogens with one attached hydrogen (secondary N) is 7. The molecule has 3 heterocycles. The normalized spacial score (nSPS) is 13.2. The van der Waals surface area contributed by atoms with Crippen LogP contribution in [0.1, 0.15) is 81.2 Å². The number of halogens is 3. The molecule has 13 N–H and O–H groups in total. The van der Waals surface area contributed by atoms with Crippen LogP contribution in [0.25, 0.3) is 20.4 Å². The maximum absolute atomic E-state index is 12.7. The fraction of sp³-hybridized carbons (Fsp3) is 0.229. The molecule has 2 aliphatic rings. The van der Waals surface area contributed by atoms with Crippen LogP contribution in [-0.2, 0) is 120 Å². The van der Waals surface area contributed by atoms with E-state index in [2.05, 4.69) is 34.2 Å². The monoisotopic (exact) mass is 2250 g/mol. The van der Waals surface area contributed by atoms with Gasteiger partial charge in [0.1, 0.15) is 0 Å². The van der Waals surface area contributed by atoms with Crippen molar-refractivity contribution in [3.8, 4) is 0 Å². The number of rotatable bonds is 30. The molecule has 14 aromatic rings. The number of aromatic nitrogens is 2. The van der Waals surface area contributed by atoms with Gasteiger partial charge in [-0.3, -0.25) is 27.8 Å². The number of fused-ring (bicyclic) bond motifs is 3. The second kappa shape index (κ2) is 50.6. The summed E-state index contributed by atoms with van der Waals surface area (Å²) in [6.07, 6.45) is 1.42. The molecular formula is C96H110F3N16O20S12-. The van der Waals surface area contributed by atoms with Gasteiger partial charge in [-0.1, -0.05) is 52.3 Å². The molecule has 788 valence electrons. The van der Waals surface area contributed by atoms with E-state index in [-0.39, 0.29) is 51.3 Å². The second-order valence-electron chi connectivity index (χ2n) is 32.6. The van der Waals surface area contributed by atoms with Gasteiger partial charge in [0.2, 0.25) is 40.1 Å². The van der Waals surface area contributed by atoms with Gasteiger partial charge in [-0.2, -0.15) is 26.1 Å². The summed E-state index contributed by atoms with van der Waals surface area (Å²) in [5.74, 6) is 0. The van der Waals surface area contributed by atoms with Crippen LogP contribution in [0.15, 0.2) is 322 Å². The van der Waals surface area contributed by atoms with Crippen LogP contribution in [0.5, 0.6) is 0 Å². The van der Waals surface area contributed by atoms with Crippen molar-refractivity contribution in [1.29, 1.82) is 0 Å². The van der Waals surface area contributed by atoms with Crippen molar-refractivity contribution < 1.29 is 97.7 Å². The molecular weight excluding hydrogens is 2140 g/mol. The van der Waals surface area contributed by atoms with E-state index in [1.165, 1.54) is 156 Å². The van der Waals surface area contributed by atoms with E-state index in [0.717, 1.165) is 106 Å². The molecule has 0 spiro atoms. The molecule has 36 nitrogen and oxygen atoms in total. The lowest BCUT2D eigenvalue weighted by molar-refractivity contribution is -0.137. The van der Waals surface area contributed by atoms with Crippen molar-refractivity contribution in [2.75, 3.05) is 110 Å². The fourth-order valence-corrected chi connectivity index (χ4v) is 26.3. The predicted molar refractivity (Wildman–Crippen MR) is 574 cm³/mol. The minimum Gasteiger partial charge on any atom is -0.755 e. The van der Waals surface area contributed by atoms with Gasteiger partial charge in [-0.25, -0.2) is 90.9 Å². The summed E-state index contributed by atoms with van der Waals surface area (Å²) >= 11 is 0.153. The highest BCUT2D eigenvalue weighted by atomic mass is 32.2. The Morgan fingerprint density at radius 3 is 1.17 bits per heavy atom. The SMILES string of the molecule is CCN(CC)S(=O)(=O)c1ccc(N(C)C)cc1.CCN(CC)S(=O)(=O)c1ccc(NC)cc1.Cc1ccc(NS(=O)(=O)c2ccc(N)cc2)cc1C.NS(=O)(=O)c1ccc(NS(=O)(=O)c2ccc3ncsc3c2)cc1.Nc1ccc(S(=O)(=O)Nc2ccc3c(c2)CCC3)cc1.O=S(=O)(Nc1ccc(S(=O)(=O)N2CCCCC2)cc1)c1ccc2ncsc2c1.O=S([O-])Nc1ccc(S(=O)(=O)Nc2cccc(C(F)(F)F)c2)cc1. The summed E-state index contributed by atoms with van der Waals surface area (Å²) in [5.41, 5.74) is 24.2. The van der Waals surface area contributed by atoms with E-state index in [1.807, 2.05) is 112 Å². The maximum Gasteiger partial charge on any atom is 0.416 e. The molecule has 2 aromatic heterocycles. The van der Waals surface area contributed by atoms with Crippen molar-refractivity contribution in [3.63, 3.8) is 0 Å². The van der Waals surface area contributed by atoms with Gasteiger partial charge >= 0.3 is 6.18 Å². The average Bonchev–Trinajstić information content (AvgIpc) is 1.27. The molecule has 147 heavy (non-hydrogen) atoms. The molecule has 1 atom stereocenters. The van der Waals surface area contributed by atoms with Gasteiger partial charge in [0.15, 0.2) is 0 Å². The number of nitrogens with two attached hydrogens (primary N) is 3. The third-order valence-corrected chi connectivity index (χ3v) is 38.1. The Balaban J connectivity index is 0.000000177. The zero-order chi connectivity index (χ0) is 108. The topological polar surface area (TPSA) is 548 Å². The van der Waals surface area contributed by atoms with Crippen LogP contribution in [0.2, 0.25) is 0 Å². The van der Waals surface area contributed by atoms with Gasteiger partial charge in [0, 0.05) is 129 Å². The molecule has 16 rings (SSSR count). The lowest BCUT2D eigenvalue weighted by Crippen LogP contribution is -2.35. The summed E-state index contributed by atoms with van der Waals surface area (Å²) < 4.78 is 298. The number of sulfonamides is 9. The first kappa shape index (κ1) is 117. The molecule has 0 saturated carbocycles. The second-order valence-corrected chi connectivity index (χ2v) is 50.8. The first-order valence-electron chi connectivity index (χ1n) is 44.7. The summed E-state index contributed by atoms with van der Waals surface area (Å²) in [6.45, 7) is 14.3. The molecule has 0 amide bonds.